The molecule has 2 fully saturated rings. The summed E-state index contributed by atoms with van der Waals surface area (Å²) in [6.45, 7) is 4.13. The number of likely N-dealkylation sites (tertiary alicyclic amines) is 1. The van der Waals surface area contributed by atoms with E-state index in [2.05, 4.69) is 17.6 Å². The van der Waals surface area contributed by atoms with Gasteiger partial charge in [-0.1, -0.05) is 6.92 Å². The third-order valence-corrected chi connectivity index (χ3v) is 4.53. The third kappa shape index (κ3) is 3.61. The van der Waals surface area contributed by atoms with Crippen LogP contribution in [0.3, 0.4) is 0 Å². The molecule has 0 aromatic rings. The molecule has 2 aliphatic rings. The van der Waals surface area contributed by atoms with Crippen molar-refractivity contribution in [2.75, 3.05) is 20.1 Å². The van der Waals surface area contributed by atoms with Gasteiger partial charge in [-0.2, -0.15) is 0 Å². The van der Waals surface area contributed by atoms with Crippen molar-refractivity contribution in [3.8, 4) is 0 Å². The number of rotatable bonds is 2. The van der Waals surface area contributed by atoms with Crippen molar-refractivity contribution >= 4 is 6.03 Å². The van der Waals surface area contributed by atoms with Crippen molar-refractivity contribution in [3.05, 3.63) is 0 Å². The van der Waals surface area contributed by atoms with Gasteiger partial charge in [-0.3, -0.25) is 0 Å². The van der Waals surface area contributed by atoms with Gasteiger partial charge in [-0.05, 0) is 51.5 Å². The Labute approximate surface area is 110 Å². The number of amides is 2. The smallest absolute Gasteiger partial charge is 0.317 e. The molecule has 0 aromatic carbocycles. The van der Waals surface area contributed by atoms with Gasteiger partial charge in [0, 0.05) is 25.2 Å². The Bertz CT molecular complexity index is 266. The van der Waals surface area contributed by atoms with Crippen molar-refractivity contribution in [2.45, 2.75) is 57.5 Å². The van der Waals surface area contributed by atoms with Crippen LogP contribution >= 0.6 is 0 Å². The standard InChI is InChI=1S/C14H27N3O/c1-11-7-9-17(10-8-11)14(18)16-13-5-3-12(15-2)4-6-13/h11-13,15H,3-10H2,1-2H3,(H,16,18). The molecule has 4 heteroatoms. The van der Waals surface area contributed by atoms with E-state index in [0.717, 1.165) is 44.7 Å². The zero-order chi connectivity index (χ0) is 13.0. The highest BCUT2D eigenvalue weighted by Gasteiger charge is 2.25. The van der Waals surface area contributed by atoms with Gasteiger partial charge in [-0.15, -0.1) is 0 Å². The van der Waals surface area contributed by atoms with Gasteiger partial charge >= 0.3 is 6.03 Å². The molecule has 1 heterocycles. The Morgan fingerprint density at radius 1 is 1.00 bits per heavy atom. The minimum absolute atomic E-state index is 0.162. The fourth-order valence-corrected chi connectivity index (χ4v) is 3.00. The molecular weight excluding hydrogens is 226 g/mol. The molecule has 18 heavy (non-hydrogen) atoms. The highest BCUT2D eigenvalue weighted by molar-refractivity contribution is 5.74. The quantitative estimate of drug-likeness (QED) is 0.790. The zero-order valence-corrected chi connectivity index (χ0v) is 11.7. The summed E-state index contributed by atoms with van der Waals surface area (Å²) in [4.78, 5) is 14.1. The Hall–Kier alpha value is -0.770. The van der Waals surface area contributed by atoms with Crippen LogP contribution in [0, 0.1) is 5.92 Å². The summed E-state index contributed by atoms with van der Waals surface area (Å²) < 4.78 is 0. The Morgan fingerprint density at radius 3 is 2.11 bits per heavy atom. The predicted molar refractivity (Wildman–Crippen MR) is 73.6 cm³/mol. The molecule has 0 bridgehead atoms. The number of nitrogens with zero attached hydrogens (tertiary/aromatic N) is 1. The molecule has 1 saturated heterocycles. The molecule has 104 valence electrons. The summed E-state index contributed by atoms with van der Waals surface area (Å²) in [6.07, 6.45) is 6.89. The van der Waals surface area contributed by atoms with Crippen molar-refractivity contribution in [3.63, 3.8) is 0 Å². The van der Waals surface area contributed by atoms with Gasteiger partial charge in [0.1, 0.15) is 0 Å². The molecule has 2 N–H and O–H groups in total. The number of nitrogens with one attached hydrogen (secondary N) is 2. The first-order valence-electron chi connectivity index (χ1n) is 7.41. The van der Waals surface area contributed by atoms with Crippen LogP contribution in [-0.2, 0) is 0 Å². The van der Waals surface area contributed by atoms with Gasteiger partial charge in [0.15, 0.2) is 0 Å². The van der Waals surface area contributed by atoms with Gasteiger partial charge < -0.3 is 15.5 Å². The summed E-state index contributed by atoms with van der Waals surface area (Å²) in [5.74, 6) is 0.778. The van der Waals surface area contributed by atoms with Gasteiger partial charge in [-0.25, -0.2) is 4.79 Å². The number of urea groups is 1. The third-order valence-electron chi connectivity index (χ3n) is 4.53. The van der Waals surface area contributed by atoms with Crippen molar-refractivity contribution < 1.29 is 4.79 Å². The number of hydrogen-bond donors (Lipinski definition) is 2. The topological polar surface area (TPSA) is 44.4 Å². The monoisotopic (exact) mass is 253 g/mol. The molecule has 2 amide bonds. The van der Waals surface area contributed by atoms with Crippen molar-refractivity contribution in [1.29, 1.82) is 0 Å². The first kappa shape index (κ1) is 13.7. The summed E-state index contributed by atoms with van der Waals surface area (Å²) in [6, 6.07) is 1.20. The normalized spacial score (nSPS) is 30.2. The maximum absolute atomic E-state index is 12.1. The van der Waals surface area contributed by atoms with Crippen LogP contribution in [-0.4, -0.2) is 43.2 Å². The fourth-order valence-electron chi connectivity index (χ4n) is 3.00. The molecule has 2 rings (SSSR count). The fraction of sp³-hybridized carbons (Fsp3) is 0.929. The Kier molecular flexibility index (Phi) is 4.87. The van der Waals surface area contributed by atoms with Crippen LogP contribution in [0.5, 0.6) is 0 Å². The number of carbonyl (C=O) groups excluding carboxylic acids is 1. The van der Waals surface area contributed by atoms with Crippen LogP contribution in [0.15, 0.2) is 0 Å². The molecular formula is C14H27N3O. The van der Waals surface area contributed by atoms with Crippen molar-refractivity contribution in [1.82, 2.24) is 15.5 Å². The lowest BCUT2D eigenvalue weighted by molar-refractivity contribution is 0.166. The summed E-state index contributed by atoms with van der Waals surface area (Å²) >= 11 is 0. The van der Waals surface area contributed by atoms with Crippen LogP contribution in [0.4, 0.5) is 4.79 Å². The first-order valence-corrected chi connectivity index (χ1v) is 7.41. The molecule has 1 aliphatic carbocycles. The number of hydrogen-bond acceptors (Lipinski definition) is 2. The summed E-state index contributed by atoms with van der Waals surface area (Å²) in [5, 5.41) is 6.53. The van der Waals surface area contributed by atoms with E-state index in [4.69, 9.17) is 0 Å². The molecule has 4 nitrogen and oxygen atoms in total. The van der Waals surface area contributed by atoms with Crippen LogP contribution in [0.25, 0.3) is 0 Å². The second-order valence-corrected chi connectivity index (χ2v) is 5.96. The SMILES string of the molecule is CNC1CCC(NC(=O)N2CCC(C)CC2)CC1. The maximum Gasteiger partial charge on any atom is 0.317 e. The van der Waals surface area contributed by atoms with Gasteiger partial charge in [0.05, 0.1) is 0 Å². The highest BCUT2D eigenvalue weighted by atomic mass is 16.2. The molecule has 0 unspecified atom stereocenters. The average molecular weight is 253 g/mol. The van der Waals surface area contributed by atoms with E-state index in [1.807, 2.05) is 11.9 Å². The predicted octanol–water partition coefficient (Wildman–Crippen LogP) is 1.96. The molecule has 0 aromatic heterocycles. The molecule has 1 aliphatic heterocycles. The minimum atomic E-state index is 0.162. The Balaban J connectivity index is 1.71. The molecule has 0 atom stereocenters. The largest absolute Gasteiger partial charge is 0.335 e. The minimum Gasteiger partial charge on any atom is -0.335 e. The molecule has 0 spiro atoms. The zero-order valence-electron chi connectivity index (χ0n) is 11.7. The second kappa shape index (κ2) is 6.41. The van der Waals surface area contributed by atoms with E-state index in [9.17, 15) is 4.79 Å². The molecule has 0 radical (unpaired) electrons. The van der Waals surface area contributed by atoms with Crippen LogP contribution in [0.1, 0.15) is 45.4 Å². The second-order valence-electron chi connectivity index (χ2n) is 5.96. The lowest BCUT2D eigenvalue weighted by atomic mass is 9.91. The van der Waals surface area contributed by atoms with E-state index in [-0.39, 0.29) is 6.03 Å². The Morgan fingerprint density at radius 2 is 1.56 bits per heavy atom. The van der Waals surface area contributed by atoms with Crippen LogP contribution in [0.2, 0.25) is 0 Å². The van der Waals surface area contributed by atoms with E-state index < -0.39 is 0 Å². The van der Waals surface area contributed by atoms with E-state index in [1.165, 1.54) is 12.8 Å². The van der Waals surface area contributed by atoms with Crippen molar-refractivity contribution in [2.24, 2.45) is 5.92 Å². The van der Waals surface area contributed by atoms with Gasteiger partial charge in [0.2, 0.25) is 0 Å². The van der Waals surface area contributed by atoms with Crippen LogP contribution < -0.4 is 10.6 Å². The maximum atomic E-state index is 12.1. The average Bonchev–Trinajstić information content (AvgIpc) is 2.40. The summed E-state index contributed by atoms with van der Waals surface area (Å²) in [5.41, 5.74) is 0. The van der Waals surface area contributed by atoms with E-state index >= 15 is 0 Å². The number of piperidine rings is 1. The van der Waals surface area contributed by atoms with E-state index in [1.54, 1.807) is 0 Å². The highest BCUT2D eigenvalue weighted by Crippen LogP contribution is 2.20. The lowest BCUT2D eigenvalue weighted by Gasteiger charge is -2.34. The first-order chi connectivity index (χ1) is 8.69. The lowest BCUT2D eigenvalue weighted by Crippen LogP contribution is -2.49. The molecule has 1 saturated carbocycles. The summed E-state index contributed by atoms with van der Waals surface area (Å²) in [7, 11) is 2.03. The van der Waals surface area contributed by atoms with Gasteiger partial charge in [0.25, 0.3) is 0 Å². The number of carbonyl (C=O) groups is 1. The van der Waals surface area contributed by atoms with E-state index in [0.29, 0.717) is 12.1 Å².